The van der Waals surface area contributed by atoms with Crippen molar-refractivity contribution >= 4 is 43.6 Å². The zero-order valence-corrected chi connectivity index (χ0v) is 30.3. The Hall–Kier alpha value is -7.63. The third-order valence-corrected chi connectivity index (χ3v) is 10.8. The van der Waals surface area contributed by atoms with Crippen LogP contribution in [0.15, 0.2) is 200 Å². The molecule has 0 saturated heterocycles. The van der Waals surface area contributed by atoms with Crippen molar-refractivity contribution in [1.29, 1.82) is 0 Å². The molecular weight excluding hydrogens is 683 g/mol. The van der Waals surface area contributed by atoms with Gasteiger partial charge in [-0.1, -0.05) is 152 Å². The van der Waals surface area contributed by atoms with Crippen LogP contribution in [0.2, 0.25) is 0 Å². The van der Waals surface area contributed by atoms with Gasteiger partial charge in [-0.05, 0) is 59.7 Å². The molecule has 3 heterocycles. The Balaban J connectivity index is 1.07. The van der Waals surface area contributed by atoms with Gasteiger partial charge in [0.1, 0.15) is 0 Å². The standard InChI is InChI=1S/C51H33N5/c1-3-16-34(17-4-1)49-52-50(35-18-5-2-6-19-35)54-51(53-49)38-21-15-20-36(32-38)37-30-31-46-42(33-37)41-24-9-12-27-45(41)56(46)48-29-14-13-28-47(48)55-43-25-10-7-22-39(43)40-23-8-11-26-44(40)55/h1-33H. The number of hydrogen-bond donors (Lipinski definition) is 0. The molecule has 262 valence electrons. The summed E-state index contributed by atoms with van der Waals surface area (Å²) in [6.45, 7) is 0. The molecule has 0 fully saturated rings. The van der Waals surface area contributed by atoms with E-state index in [0.29, 0.717) is 17.5 Å². The average molecular weight is 716 g/mol. The lowest BCUT2D eigenvalue weighted by molar-refractivity contribution is 1.07. The van der Waals surface area contributed by atoms with Gasteiger partial charge in [0.05, 0.1) is 33.4 Å². The molecule has 0 aliphatic carbocycles. The van der Waals surface area contributed by atoms with Crippen molar-refractivity contribution in [1.82, 2.24) is 24.1 Å². The van der Waals surface area contributed by atoms with Gasteiger partial charge in [-0.25, -0.2) is 15.0 Å². The molecule has 3 aromatic heterocycles. The van der Waals surface area contributed by atoms with E-state index in [9.17, 15) is 0 Å². The summed E-state index contributed by atoms with van der Waals surface area (Å²) in [6.07, 6.45) is 0. The van der Waals surface area contributed by atoms with Crippen LogP contribution < -0.4 is 0 Å². The maximum absolute atomic E-state index is 5.00. The van der Waals surface area contributed by atoms with Crippen LogP contribution >= 0.6 is 0 Å². The largest absolute Gasteiger partial charge is 0.307 e. The van der Waals surface area contributed by atoms with Gasteiger partial charge in [0.2, 0.25) is 0 Å². The molecule has 0 aliphatic heterocycles. The molecule has 5 nitrogen and oxygen atoms in total. The van der Waals surface area contributed by atoms with E-state index in [1.165, 1.54) is 32.6 Å². The number of fused-ring (bicyclic) bond motifs is 6. The van der Waals surface area contributed by atoms with E-state index in [4.69, 9.17) is 15.0 Å². The van der Waals surface area contributed by atoms with E-state index in [0.717, 1.165) is 50.2 Å². The lowest BCUT2D eigenvalue weighted by Gasteiger charge is -2.16. The Bertz CT molecular complexity index is 3140. The van der Waals surface area contributed by atoms with Gasteiger partial charge in [-0.2, -0.15) is 0 Å². The minimum absolute atomic E-state index is 0.638. The molecule has 0 aliphatic rings. The zero-order valence-electron chi connectivity index (χ0n) is 30.3. The van der Waals surface area contributed by atoms with Crippen molar-refractivity contribution in [3.8, 4) is 56.7 Å². The second-order valence-corrected chi connectivity index (χ2v) is 14.1. The van der Waals surface area contributed by atoms with Crippen LogP contribution in [0.1, 0.15) is 0 Å². The zero-order chi connectivity index (χ0) is 37.0. The Kier molecular flexibility index (Phi) is 7.42. The molecular formula is C51H33N5. The maximum atomic E-state index is 5.00. The molecule has 11 rings (SSSR count). The number of aromatic nitrogens is 5. The number of rotatable bonds is 6. The van der Waals surface area contributed by atoms with E-state index in [2.05, 4.69) is 149 Å². The van der Waals surface area contributed by atoms with Crippen LogP contribution in [-0.4, -0.2) is 24.1 Å². The molecule has 56 heavy (non-hydrogen) atoms. The highest BCUT2D eigenvalue weighted by Crippen LogP contribution is 2.39. The van der Waals surface area contributed by atoms with Crippen molar-refractivity contribution < 1.29 is 0 Å². The number of para-hydroxylation sites is 5. The van der Waals surface area contributed by atoms with Crippen LogP contribution in [0.25, 0.3) is 100 Å². The monoisotopic (exact) mass is 715 g/mol. The quantitative estimate of drug-likeness (QED) is 0.172. The molecule has 0 unspecified atom stereocenters. The first kappa shape index (κ1) is 31.9. The molecule has 0 bridgehead atoms. The summed E-state index contributed by atoms with van der Waals surface area (Å²) in [6, 6.07) is 70.5. The van der Waals surface area contributed by atoms with Crippen molar-refractivity contribution in [3.05, 3.63) is 200 Å². The topological polar surface area (TPSA) is 48.5 Å². The highest BCUT2D eigenvalue weighted by atomic mass is 15.1. The predicted molar refractivity (Wildman–Crippen MR) is 230 cm³/mol. The fourth-order valence-corrected chi connectivity index (χ4v) is 8.21. The smallest absolute Gasteiger partial charge is 0.164 e. The van der Waals surface area contributed by atoms with Gasteiger partial charge in [0.15, 0.2) is 17.5 Å². The van der Waals surface area contributed by atoms with Gasteiger partial charge < -0.3 is 9.13 Å². The van der Waals surface area contributed by atoms with E-state index in [1.807, 2.05) is 60.7 Å². The number of nitrogens with zero attached hydrogens (tertiary/aromatic N) is 5. The minimum atomic E-state index is 0.638. The summed E-state index contributed by atoms with van der Waals surface area (Å²) in [5, 5.41) is 4.89. The molecule has 11 aromatic rings. The molecule has 0 radical (unpaired) electrons. The molecule has 0 amide bonds. The molecule has 5 heteroatoms. The first-order chi connectivity index (χ1) is 27.8. The van der Waals surface area contributed by atoms with E-state index >= 15 is 0 Å². The van der Waals surface area contributed by atoms with Crippen LogP contribution in [0.5, 0.6) is 0 Å². The van der Waals surface area contributed by atoms with Crippen LogP contribution in [0, 0.1) is 0 Å². The van der Waals surface area contributed by atoms with Crippen molar-refractivity contribution in [2.75, 3.05) is 0 Å². The second-order valence-electron chi connectivity index (χ2n) is 14.1. The number of benzene rings is 8. The third-order valence-electron chi connectivity index (χ3n) is 10.8. The van der Waals surface area contributed by atoms with Gasteiger partial charge in [0.25, 0.3) is 0 Å². The van der Waals surface area contributed by atoms with Crippen LogP contribution in [-0.2, 0) is 0 Å². The van der Waals surface area contributed by atoms with Crippen molar-refractivity contribution in [3.63, 3.8) is 0 Å². The summed E-state index contributed by atoms with van der Waals surface area (Å²) >= 11 is 0. The fraction of sp³-hybridized carbons (Fsp3) is 0. The van der Waals surface area contributed by atoms with E-state index < -0.39 is 0 Å². The Morgan fingerprint density at radius 2 is 0.625 bits per heavy atom. The summed E-state index contributed by atoms with van der Waals surface area (Å²) in [4.78, 5) is 14.9. The normalized spacial score (nSPS) is 11.6. The SMILES string of the molecule is c1ccc(-c2nc(-c3ccccc3)nc(-c3cccc(-c4ccc5c(c4)c4ccccc4n5-c4ccccc4-n4c5ccccc5c5ccccc54)c3)n2)cc1. The lowest BCUT2D eigenvalue weighted by Crippen LogP contribution is -2.03. The van der Waals surface area contributed by atoms with Crippen molar-refractivity contribution in [2.24, 2.45) is 0 Å². The minimum Gasteiger partial charge on any atom is -0.307 e. The fourth-order valence-electron chi connectivity index (χ4n) is 8.21. The van der Waals surface area contributed by atoms with Crippen LogP contribution in [0.4, 0.5) is 0 Å². The highest BCUT2D eigenvalue weighted by molar-refractivity contribution is 6.12. The Morgan fingerprint density at radius 3 is 1.16 bits per heavy atom. The maximum Gasteiger partial charge on any atom is 0.164 e. The van der Waals surface area contributed by atoms with E-state index in [1.54, 1.807) is 0 Å². The number of hydrogen-bond acceptors (Lipinski definition) is 3. The van der Waals surface area contributed by atoms with E-state index in [-0.39, 0.29) is 0 Å². The Morgan fingerprint density at radius 1 is 0.250 bits per heavy atom. The molecule has 0 spiro atoms. The lowest BCUT2D eigenvalue weighted by atomic mass is 10.0. The summed E-state index contributed by atoms with van der Waals surface area (Å²) in [5.41, 5.74) is 12.0. The van der Waals surface area contributed by atoms with Crippen LogP contribution in [0.3, 0.4) is 0 Å². The molecule has 8 aromatic carbocycles. The predicted octanol–water partition coefficient (Wildman–Crippen LogP) is 12.7. The first-order valence-corrected chi connectivity index (χ1v) is 18.9. The summed E-state index contributed by atoms with van der Waals surface area (Å²) in [7, 11) is 0. The van der Waals surface area contributed by atoms with Gasteiger partial charge in [-0.15, -0.1) is 0 Å². The first-order valence-electron chi connectivity index (χ1n) is 18.9. The highest BCUT2D eigenvalue weighted by Gasteiger charge is 2.20. The average Bonchev–Trinajstić information content (AvgIpc) is 3.79. The molecule has 0 saturated carbocycles. The summed E-state index contributed by atoms with van der Waals surface area (Å²) in [5.74, 6) is 1.93. The molecule has 0 atom stereocenters. The van der Waals surface area contributed by atoms with Gasteiger partial charge >= 0.3 is 0 Å². The molecule has 0 N–H and O–H groups in total. The second kappa shape index (κ2) is 13.0. The Labute approximate surface area is 323 Å². The third kappa shape index (κ3) is 5.21. The van der Waals surface area contributed by atoms with Crippen molar-refractivity contribution in [2.45, 2.75) is 0 Å². The summed E-state index contributed by atoms with van der Waals surface area (Å²) < 4.78 is 4.83. The van der Waals surface area contributed by atoms with Gasteiger partial charge in [-0.3, -0.25) is 0 Å². The van der Waals surface area contributed by atoms with Gasteiger partial charge in [0, 0.05) is 38.2 Å².